The van der Waals surface area contributed by atoms with E-state index in [2.05, 4.69) is 24.3 Å². The minimum absolute atomic E-state index is 0.0372. The Kier molecular flexibility index (Phi) is 7.05. The van der Waals surface area contributed by atoms with Crippen molar-refractivity contribution >= 4 is 11.8 Å². The Hall–Kier alpha value is -3.34. The largest absolute Gasteiger partial charge is 0.493 e. The maximum atomic E-state index is 13.3. The van der Waals surface area contributed by atoms with E-state index in [0.29, 0.717) is 24.3 Å². The van der Waals surface area contributed by atoms with Crippen LogP contribution in [0.1, 0.15) is 60.4 Å². The van der Waals surface area contributed by atoms with Gasteiger partial charge in [0.1, 0.15) is 11.5 Å². The van der Waals surface area contributed by atoms with Gasteiger partial charge in [-0.3, -0.25) is 9.59 Å². The molecule has 0 amide bonds. The monoisotopic (exact) mass is 432 g/mol. The molecule has 0 bridgehead atoms. The van der Waals surface area contributed by atoms with Gasteiger partial charge in [0, 0.05) is 17.9 Å². The van der Waals surface area contributed by atoms with Gasteiger partial charge in [-0.05, 0) is 67.9 Å². The molecule has 166 valence electrons. The van der Waals surface area contributed by atoms with Crippen LogP contribution in [0.4, 0.5) is 0 Å². The Morgan fingerprint density at radius 3 is 2.44 bits per heavy atom. The first-order valence-electron chi connectivity index (χ1n) is 11.2. The molecule has 1 heterocycles. The molecular weight excluding hydrogens is 404 g/mol. The number of unbranched alkanes of at least 4 members (excludes halogenated alkanes) is 2. The second kappa shape index (κ2) is 10.3. The molecule has 2 unspecified atom stereocenters. The molecular formula is C27H28O5. The van der Waals surface area contributed by atoms with E-state index in [0.717, 1.165) is 37.0 Å². The van der Waals surface area contributed by atoms with Gasteiger partial charge in [-0.25, -0.2) is 0 Å². The van der Waals surface area contributed by atoms with Crippen molar-refractivity contribution < 1.29 is 23.8 Å². The number of rotatable bonds is 11. The van der Waals surface area contributed by atoms with Gasteiger partial charge in [-0.15, -0.1) is 0 Å². The predicted octanol–water partition coefficient (Wildman–Crippen LogP) is 6.35. The van der Waals surface area contributed by atoms with Crippen molar-refractivity contribution in [1.82, 2.24) is 0 Å². The number of aliphatic carboxylic acids is 1. The molecule has 5 heteroatoms. The molecule has 2 atom stereocenters. The Morgan fingerprint density at radius 2 is 1.75 bits per heavy atom. The normalized spacial score (nSPS) is 17.5. The number of hydrogen-bond donors (Lipinski definition) is 1. The first-order valence-corrected chi connectivity index (χ1v) is 11.2. The molecule has 1 fully saturated rings. The summed E-state index contributed by atoms with van der Waals surface area (Å²) in [7, 11) is 0. The summed E-state index contributed by atoms with van der Waals surface area (Å²) in [5, 5.41) is 8.71. The number of carbonyl (C=O) groups excluding carboxylic acids is 1. The smallest absolute Gasteiger partial charge is 0.303 e. The van der Waals surface area contributed by atoms with Crippen LogP contribution in [0.5, 0.6) is 5.75 Å². The van der Waals surface area contributed by atoms with E-state index >= 15 is 0 Å². The van der Waals surface area contributed by atoms with E-state index in [1.807, 2.05) is 36.4 Å². The molecule has 32 heavy (non-hydrogen) atoms. The van der Waals surface area contributed by atoms with Gasteiger partial charge >= 0.3 is 5.97 Å². The first-order chi connectivity index (χ1) is 15.6. The summed E-state index contributed by atoms with van der Waals surface area (Å²) in [6.07, 6.45) is 5.93. The SMILES string of the molecule is O=C(O)CCCCCOc1ccccc1C(=O)C1CCC1c1ccc(-c2ccco2)cc1. The Bertz CT molecular complexity index is 1040. The summed E-state index contributed by atoms with van der Waals surface area (Å²) in [6, 6.07) is 19.6. The minimum atomic E-state index is -0.771. The molecule has 0 radical (unpaired) electrons. The lowest BCUT2D eigenvalue weighted by molar-refractivity contribution is -0.137. The zero-order valence-corrected chi connectivity index (χ0v) is 18.0. The molecule has 1 aromatic heterocycles. The van der Waals surface area contributed by atoms with Crippen LogP contribution in [-0.4, -0.2) is 23.5 Å². The number of ketones is 1. The maximum absolute atomic E-state index is 13.3. The highest BCUT2D eigenvalue weighted by Gasteiger charge is 2.38. The average molecular weight is 433 g/mol. The van der Waals surface area contributed by atoms with E-state index < -0.39 is 5.97 Å². The highest BCUT2D eigenvalue weighted by Crippen LogP contribution is 2.45. The fourth-order valence-electron chi connectivity index (χ4n) is 4.28. The lowest BCUT2D eigenvalue weighted by Gasteiger charge is -2.36. The topological polar surface area (TPSA) is 76.7 Å². The van der Waals surface area contributed by atoms with Gasteiger partial charge in [0.2, 0.25) is 0 Å². The molecule has 1 aliphatic rings. The Balaban J connectivity index is 1.37. The summed E-state index contributed by atoms with van der Waals surface area (Å²) in [4.78, 5) is 23.9. The lowest BCUT2D eigenvalue weighted by atomic mass is 9.67. The van der Waals surface area contributed by atoms with Crippen molar-refractivity contribution in [2.24, 2.45) is 5.92 Å². The van der Waals surface area contributed by atoms with Crippen molar-refractivity contribution in [3.05, 3.63) is 78.1 Å². The van der Waals surface area contributed by atoms with E-state index in [9.17, 15) is 9.59 Å². The third kappa shape index (κ3) is 5.10. The number of hydrogen-bond acceptors (Lipinski definition) is 4. The molecule has 1 aliphatic carbocycles. The van der Waals surface area contributed by atoms with Crippen LogP contribution in [0.2, 0.25) is 0 Å². The van der Waals surface area contributed by atoms with Crippen LogP contribution in [0.25, 0.3) is 11.3 Å². The van der Waals surface area contributed by atoms with E-state index in [-0.39, 0.29) is 24.0 Å². The van der Waals surface area contributed by atoms with Crippen LogP contribution in [0.3, 0.4) is 0 Å². The third-order valence-corrected chi connectivity index (χ3v) is 6.20. The highest BCUT2D eigenvalue weighted by molar-refractivity contribution is 6.01. The second-order valence-corrected chi connectivity index (χ2v) is 8.30. The van der Waals surface area contributed by atoms with Gasteiger partial charge in [-0.1, -0.05) is 36.4 Å². The summed E-state index contributed by atoms with van der Waals surface area (Å²) < 4.78 is 11.4. The summed E-state index contributed by atoms with van der Waals surface area (Å²) >= 11 is 0. The molecule has 1 saturated carbocycles. The van der Waals surface area contributed by atoms with Crippen LogP contribution in [-0.2, 0) is 4.79 Å². The predicted molar refractivity (Wildman–Crippen MR) is 122 cm³/mol. The van der Waals surface area contributed by atoms with Crippen LogP contribution in [0, 0.1) is 5.92 Å². The standard InChI is InChI=1S/C27H28O5/c28-26(29)10-2-1-5-17-32-25-8-4-3-7-23(25)27(30)22-16-15-21(22)19-11-13-20(14-12-19)24-9-6-18-31-24/h3-4,6-9,11-14,18,21-22H,1-2,5,10,15-17H2,(H,28,29). The molecule has 1 N–H and O–H groups in total. The number of carboxylic acid groups (broad SMARTS) is 1. The second-order valence-electron chi connectivity index (χ2n) is 8.30. The molecule has 4 rings (SSSR count). The lowest BCUT2D eigenvalue weighted by Crippen LogP contribution is -2.31. The quantitative estimate of drug-likeness (QED) is 0.282. The third-order valence-electron chi connectivity index (χ3n) is 6.20. The van der Waals surface area contributed by atoms with Crippen molar-refractivity contribution in [3.63, 3.8) is 0 Å². The van der Waals surface area contributed by atoms with Crippen molar-refractivity contribution in [3.8, 4) is 17.1 Å². The van der Waals surface area contributed by atoms with Gasteiger partial charge in [0.05, 0.1) is 18.4 Å². The summed E-state index contributed by atoms with van der Waals surface area (Å²) in [6.45, 7) is 0.478. The fourth-order valence-corrected chi connectivity index (χ4v) is 4.28. The maximum Gasteiger partial charge on any atom is 0.303 e. The number of Topliss-reactive ketones (excluding diaryl/α,β-unsaturated/α-hetero) is 1. The van der Waals surface area contributed by atoms with Crippen LogP contribution < -0.4 is 4.74 Å². The molecule has 0 spiro atoms. The Morgan fingerprint density at radius 1 is 0.938 bits per heavy atom. The van der Waals surface area contributed by atoms with Gasteiger partial charge in [0.15, 0.2) is 5.78 Å². The van der Waals surface area contributed by atoms with Crippen molar-refractivity contribution in [2.45, 2.75) is 44.4 Å². The van der Waals surface area contributed by atoms with E-state index in [4.69, 9.17) is 14.3 Å². The van der Waals surface area contributed by atoms with Crippen LogP contribution in [0.15, 0.2) is 71.3 Å². The molecule has 5 nitrogen and oxygen atoms in total. The number of furan rings is 1. The molecule has 2 aromatic carbocycles. The van der Waals surface area contributed by atoms with Crippen LogP contribution >= 0.6 is 0 Å². The summed E-state index contributed by atoms with van der Waals surface area (Å²) in [5.74, 6) is 1.01. The highest BCUT2D eigenvalue weighted by atomic mass is 16.5. The van der Waals surface area contributed by atoms with Crippen molar-refractivity contribution in [2.75, 3.05) is 6.61 Å². The number of benzene rings is 2. The fraction of sp³-hybridized carbons (Fsp3) is 0.333. The molecule has 3 aromatic rings. The molecule has 0 aliphatic heterocycles. The van der Waals surface area contributed by atoms with Gasteiger partial charge < -0.3 is 14.3 Å². The van der Waals surface area contributed by atoms with E-state index in [1.54, 1.807) is 6.26 Å². The van der Waals surface area contributed by atoms with Gasteiger partial charge in [-0.2, -0.15) is 0 Å². The van der Waals surface area contributed by atoms with E-state index in [1.165, 1.54) is 5.56 Å². The van der Waals surface area contributed by atoms with Crippen molar-refractivity contribution in [1.29, 1.82) is 0 Å². The number of para-hydroxylation sites is 1. The van der Waals surface area contributed by atoms with Gasteiger partial charge in [0.25, 0.3) is 0 Å². The first kappa shape index (κ1) is 21.9. The number of ether oxygens (including phenoxy) is 1. The zero-order chi connectivity index (χ0) is 22.3. The number of carboxylic acids is 1. The minimum Gasteiger partial charge on any atom is -0.493 e. The number of carbonyl (C=O) groups is 2. The summed E-state index contributed by atoms with van der Waals surface area (Å²) in [5.41, 5.74) is 2.85. The molecule has 0 saturated heterocycles. The average Bonchev–Trinajstić information content (AvgIpc) is 3.31. The Labute approximate surface area is 188 Å². The zero-order valence-electron chi connectivity index (χ0n) is 18.0.